The number of hydrogen-bond acceptors (Lipinski definition) is 2. The van der Waals surface area contributed by atoms with Crippen LogP contribution in [0.4, 0.5) is 0 Å². The molecule has 188 valence electrons. The molecule has 0 aromatic heterocycles. The maximum absolute atomic E-state index is 10.6. The number of hydrogen-bond donors (Lipinski definition) is 2. The van der Waals surface area contributed by atoms with E-state index in [4.69, 9.17) is 10.2 Å². The molecule has 0 radical (unpaired) electrons. The first-order valence-electron chi connectivity index (χ1n) is 13.7. The Balaban J connectivity index is 3.66. The van der Waals surface area contributed by atoms with Crippen LogP contribution >= 0.6 is 0 Å². The minimum atomic E-state index is -0.670. The molecule has 0 amide bonds. The summed E-state index contributed by atoms with van der Waals surface area (Å²) >= 11 is 0. The van der Waals surface area contributed by atoms with E-state index in [2.05, 4.69) is 13.0 Å². The number of aliphatic carboxylic acids is 2. The standard InChI is InChI=1S/C28H52O4/c1-2-3-16-21-26(23-18-13-11-15-20-25-28(31)32)22-17-12-9-7-5-4-6-8-10-14-19-24-27(29)30/h21H,2-20,22-25H2,1H3,(H,29,30)(H,31,32). The van der Waals surface area contributed by atoms with Crippen LogP contribution in [-0.4, -0.2) is 22.2 Å². The predicted octanol–water partition coefficient (Wildman–Crippen LogP) is 9.07. The van der Waals surface area contributed by atoms with E-state index in [0.717, 1.165) is 32.1 Å². The van der Waals surface area contributed by atoms with Gasteiger partial charge in [0.25, 0.3) is 0 Å². The second kappa shape index (κ2) is 24.3. The van der Waals surface area contributed by atoms with E-state index in [0.29, 0.717) is 12.8 Å². The van der Waals surface area contributed by atoms with Gasteiger partial charge in [0, 0.05) is 12.8 Å². The van der Waals surface area contributed by atoms with Crippen molar-refractivity contribution in [3.05, 3.63) is 11.6 Å². The van der Waals surface area contributed by atoms with Crippen LogP contribution in [0.2, 0.25) is 0 Å². The summed E-state index contributed by atoms with van der Waals surface area (Å²) in [7, 11) is 0. The molecule has 0 unspecified atom stereocenters. The first-order valence-corrected chi connectivity index (χ1v) is 13.7. The molecule has 0 spiro atoms. The van der Waals surface area contributed by atoms with Crippen molar-refractivity contribution in [2.45, 2.75) is 155 Å². The van der Waals surface area contributed by atoms with Gasteiger partial charge in [0.05, 0.1) is 0 Å². The van der Waals surface area contributed by atoms with E-state index in [-0.39, 0.29) is 0 Å². The van der Waals surface area contributed by atoms with E-state index < -0.39 is 11.9 Å². The van der Waals surface area contributed by atoms with Crippen LogP contribution in [0.15, 0.2) is 11.6 Å². The molecule has 0 aliphatic rings. The Kier molecular flexibility index (Phi) is 23.3. The molecule has 0 aromatic rings. The van der Waals surface area contributed by atoms with Crippen LogP contribution in [0, 0.1) is 0 Å². The van der Waals surface area contributed by atoms with Crippen molar-refractivity contribution in [2.75, 3.05) is 0 Å². The summed E-state index contributed by atoms with van der Waals surface area (Å²) in [6.07, 6.45) is 28.6. The van der Waals surface area contributed by atoms with Crippen molar-refractivity contribution >= 4 is 11.9 Å². The number of rotatable bonds is 25. The average Bonchev–Trinajstić information content (AvgIpc) is 2.75. The number of allylic oxidation sites excluding steroid dienone is 2. The highest BCUT2D eigenvalue weighted by atomic mass is 16.4. The molecule has 0 aliphatic carbocycles. The number of unbranched alkanes of at least 4 members (excludes halogenated alkanes) is 16. The fourth-order valence-corrected chi connectivity index (χ4v) is 4.22. The fraction of sp³-hybridized carbons (Fsp3) is 0.857. The summed E-state index contributed by atoms with van der Waals surface area (Å²) in [5, 5.41) is 17.3. The Morgan fingerprint density at radius 1 is 0.500 bits per heavy atom. The van der Waals surface area contributed by atoms with E-state index >= 15 is 0 Å². The van der Waals surface area contributed by atoms with Crippen LogP contribution in [0.25, 0.3) is 0 Å². The van der Waals surface area contributed by atoms with Crippen molar-refractivity contribution in [3.63, 3.8) is 0 Å². The summed E-state index contributed by atoms with van der Waals surface area (Å²) in [4.78, 5) is 21.0. The lowest BCUT2D eigenvalue weighted by atomic mass is 9.98. The third-order valence-electron chi connectivity index (χ3n) is 6.27. The highest BCUT2D eigenvalue weighted by molar-refractivity contribution is 5.66. The fourth-order valence-electron chi connectivity index (χ4n) is 4.22. The van der Waals surface area contributed by atoms with E-state index in [1.165, 1.54) is 103 Å². The lowest BCUT2D eigenvalue weighted by Crippen LogP contribution is -1.93. The molecule has 0 saturated carbocycles. The SMILES string of the molecule is CCCCC=C(CCCCCCCCCCCCCC(=O)O)CCCCCCCC(=O)O. The van der Waals surface area contributed by atoms with Crippen molar-refractivity contribution in [2.24, 2.45) is 0 Å². The molecule has 0 aliphatic heterocycles. The van der Waals surface area contributed by atoms with Gasteiger partial charge in [0.2, 0.25) is 0 Å². The van der Waals surface area contributed by atoms with Crippen molar-refractivity contribution in [1.82, 2.24) is 0 Å². The van der Waals surface area contributed by atoms with Gasteiger partial charge in [-0.05, 0) is 44.9 Å². The summed E-state index contributed by atoms with van der Waals surface area (Å²) in [6, 6.07) is 0. The molecule has 32 heavy (non-hydrogen) atoms. The van der Waals surface area contributed by atoms with Crippen LogP contribution in [0.3, 0.4) is 0 Å². The minimum absolute atomic E-state index is 0.316. The van der Waals surface area contributed by atoms with Crippen LogP contribution < -0.4 is 0 Å². The minimum Gasteiger partial charge on any atom is -0.481 e. The summed E-state index contributed by atoms with van der Waals surface area (Å²) in [5.74, 6) is -1.34. The first-order chi connectivity index (χ1) is 15.6. The molecule has 0 fully saturated rings. The van der Waals surface area contributed by atoms with Crippen LogP contribution in [-0.2, 0) is 9.59 Å². The van der Waals surface area contributed by atoms with Gasteiger partial charge in [-0.25, -0.2) is 0 Å². The monoisotopic (exact) mass is 452 g/mol. The molecule has 2 N–H and O–H groups in total. The lowest BCUT2D eigenvalue weighted by molar-refractivity contribution is -0.138. The summed E-state index contributed by atoms with van der Waals surface area (Å²) in [6.45, 7) is 2.25. The third kappa shape index (κ3) is 24.9. The normalized spacial score (nSPS) is 11.7. The van der Waals surface area contributed by atoms with Crippen molar-refractivity contribution in [1.29, 1.82) is 0 Å². The molecule has 0 aromatic carbocycles. The molecule has 4 nitrogen and oxygen atoms in total. The maximum Gasteiger partial charge on any atom is 0.303 e. The highest BCUT2D eigenvalue weighted by Crippen LogP contribution is 2.20. The zero-order chi connectivity index (χ0) is 23.7. The summed E-state index contributed by atoms with van der Waals surface area (Å²) < 4.78 is 0. The molecule has 0 bridgehead atoms. The van der Waals surface area contributed by atoms with E-state index in [1.54, 1.807) is 5.57 Å². The van der Waals surface area contributed by atoms with E-state index in [1.807, 2.05) is 0 Å². The van der Waals surface area contributed by atoms with Gasteiger partial charge in [-0.3, -0.25) is 9.59 Å². The van der Waals surface area contributed by atoms with Gasteiger partial charge < -0.3 is 10.2 Å². The molecular weight excluding hydrogens is 400 g/mol. The zero-order valence-electron chi connectivity index (χ0n) is 21.1. The van der Waals surface area contributed by atoms with E-state index in [9.17, 15) is 9.59 Å². The molecule has 0 heterocycles. The Morgan fingerprint density at radius 3 is 1.12 bits per heavy atom. The quantitative estimate of drug-likeness (QED) is 0.107. The predicted molar refractivity (Wildman–Crippen MR) is 135 cm³/mol. The lowest BCUT2D eigenvalue weighted by Gasteiger charge is -2.09. The number of carboxylic acid groups (broad SMARTS) is 2. The first kappa shape index (κ1) is 30.7. The Labute approximate surface area is 198 Å². The zero-order valence-corrected chi connectivity index (χ0v) is 21.1. The van der Waals surface area contributed by atoms with Gasteiger partial charge in [0.1, 0.15) is 0 Å². The molecular formula is C28H52O4. The van der Waals surface area contributed by atoms with Gasteiger partial charge >= 0.3 is 11.9 Å². The van der Waals surface area contributed by atoms with Gasteiger partial charge in [-0.1, -0.05) is 108 Å². The third-order valence-corrected chi connectivity index (χ3v) is 6.27. The van der Waals surface area contributed by atoms with Crippen molar-refractivity contribution < 1.29 is 19.8 Å². The van der Waals surface area contributed by atoms with Crippen LogP contribution in [0.1, 0.15) is 155 Å². The molecule has 4 heteroatoms. The van der Waals surface area contributed by atoms with Crippen molar-refractivity contribution in [3.8, 4) is 0 Å². The largest absolute Gasteiger partial charge is 0.481 e. The Bertz CT molecular complexity index is 470. The summed E-state index contributed by atoms with van der Waals surface area (Å²) in [5.41, 5.74) is 1.66. The molecule has 0 atom stereocenters. The Morgan fingerprint density at radius 2 is 0.812 bits per heavy atom. The van der Waals surface area contributed by atoms with Crippen LogP contribution in [0.5, 0.6) is 0 Å². The topological polar surface area (TPSA) is 74.6 Å². The average molecular weight is 453 g/mol. The Hall–Kier alpha value is -1.32. The number of carboxylic acids is 2. The maximum atomic E-state index is 10.6. The molecule has 0 saturated heterocycles. The van der Waals surface area contributed by atoms with Gasteiger partial charge in [-0.15, -0.1) is 0 Å². The second-order valence-corrected chi connectivity index (χ2v) is 9.45. The molecule has 0 rings (SSSR count). The highest BCUT2D eigenvalue weighted by Gasteiger charge is 2.01. The smallest absolute Gasteiger partial charge is 0.303 e. The second-order valence-electron chi connectivity index (χ2n) is 9.45. The number of carbonyl (C=O) groups is 2. The van der Waals surface area contributed by atoms with Gasteiger partial charge in [-0.2, -0.15) is 0 Å². The van der Waals surface area contributed by atoms with Gasteiger partial charge in [0.15, 0.2) is 0 Å².